The Morgan fingerprint density at radius 1 is 1.11 bits per heavy atom. The van der Waals surface area contributed by atoms with Crippen molar-refractivity contribution < 1.29 is 9.59 Å². The summed E-state index contributed by atoms with van der Waals surface area (Å²) in [5.74, 6) is 0.349. The third-order valence-electron chi connectivity index (χ3n) is 5.78. The third-order valence-corrected chi connectivity index (χ3v) is 5.78. The molecular weight excluding hydrogens is 350 g/mol. The first-order valence-corrected chi connectivity index (χ1v) is 10.0. The van der Waals surface area contributed by atoms with Gasteiger partial charge in [0.2, 0.25) is 11.8 Å². The Bertz CT molecular complexity index is 771. The predicted octanol–water partition coefficient (Wildman–Crippen LogP) is 3.47. The molecule has 28 heavy (non-hydrogen) atoms. The van der Waals surface area contributed by atoms with Crippen LogP contribution in [0.2, 0.25) is 0 Å². The summed E-state index contributed by atoms with van der Waals surface area (Å²) in [4.78, 5) is 33.2. The van der Waals surface area contributed by atoms with E-state index in [2.05, 4.69) is 17.1 Å². The molecule has 148 valence electrons. The number of aromatic nitrogens is 1. The van der Waals surface area contributed by atoms with Crippen LogP contribution < -0.4 is 0 Å². The topological polar surface area (TPSA) is 53.5 Å². The van der Waals surface area contributed by atoms with Crippen molar-refractivity contribution in [3.63, 3.8) is 0 Å². The zero-order valence-corrected chi connectivity index (χ0v) is 16.8. The summed E-state index contributed by atoms with van der Waals surface area (Å²) in [7, 11) is 1.87. The number of hydrogen-bond donors (Lipinski definition) is 0. The van der Waals surface area contributed by atoms with Gasteiger partial charge in [-0.15, -0.1) is 0 Å². The first-order chi connectivity index (χ1) is 13.6. The highest BCUT2D eigenvalue weighted by molar-refractivity contribution is 5.80. The lowest BCUT2D eigenvalue weighted by atomic mass is 9.94. The monoisotopic (exact) mass is 379 g/mol. The van der Waals surface area contributed by atoms with Crippen LogP contribution in [0.3, 0.4) is 0 Å². The van der Waals surface area contributed by atoms with Crippen molar-refractivity contribution in [1.29, 1.82) is 0 Å². The molecule has 1 aromatic carbocycles. The summed E-state index contributed by atoms with van der Waals surface area (Å²) in [5.41, 5.74) is 2.27. The van der Waals surface area contributed by atoms with E-state index >= 15 is 0 Å². The molecule has 1 fully saturated rings. The normalized spacial score (nSPS) is 15.9. The minimum absolute atomic E-state index is 0.00698. The molecule has 0 bridgehead atoms. The van der Waals surface area contributed by atoms with Crippen LogP contribution >= 0.6 is 0 Å². The van der Waals surface area contributed by atoms with E-state index in [9.17, 15) is 9.59 Å². The fourth-order valence-corrected chi connectivity index (χ4v) is 3.77. The van der Waals surface area contributed by atoms with E-state index in [1.165, 1.54) is 5.56 Å². The van der Waals surface area contributed by atoms with Gasteiger partial charge in [0, 0.05) is 44.9 Å². The molecule has 2 aromatic rings. The molecule has 0 aliphatic carbocycles. The Morgan fingerprint density at radius 3 is 2.39 bits per heavy atom. The molecule has 0 N–H and O–H groups in total. The maximum absolute atomic E-state index is 12.9. The average Bonchev–Trinajstić information content (AvgIpc) is 2.77. The maximum atomic E-state index is 12.9. The van der Waals surface area contributed by atoms with Gasteiger partial charge in [-0.25, -0.2) is 0 Å². The largest absolute Gasteiger partial charge is 0.343 e. The number of aryl methyl sites for hydroxylation is 1. The van der Waals surface area contributed by atoms with Crippen LogP contribution in [-0.2, 0) is 16.0 Å². The van der Waals surface area contributed by atoms with E-state index in [0.29, 0.717) is 19.5 Å². The van der Waals surface area contributed by atoms with Crippen LogP contribution in [0.5, 0.6) is 0 Å². The number of amides is 2. The second-order valence-corrected chi connectivity index (χ2v) is 7.55. The summed E-state index contributed by atoms with van der Waals surface area (Å²) in [6.45, 7) is 3.37. The molecule has 1 aromatic heterocycles. The number of pyridine rings is 1. The van der Waals surface area contributed by atoms with Gasteiger partial charge in [0.05, 0.1) is 6.04 Å². The van der Waals surface area contributed by atoms with E-state index in [4.69, 9.17) is 0 Å². The number of rotatable bonds is 6. The second kappa shape index (κ2) is 9.49. The average molecular weight is 380 g/mol. The molecule has 0 radical (unpaired) electrons. The Hall–Kier alpha value is -2.69. The number of likely N-dealkylation sites (tertiary alicyclic amines) is 1. The quantitative estimate of drug-likeness (QED) is 0.772. The minimum atomic E-state index is -0.00698. The molecule has 1 saturated heterocycles. The lowest BCUT2D eigenvalue weighted by molar-refractivity contribution is -0.141. The number of carbonyl (C=O) groups is 2. The van der Waals surface area contributed by atoms with Crippen LogP contribution in [-0.4, -0.2) is 46.7 Å². The van der Waals surface area contributed by atoms with E-state index in [1.807, 2.05) is 54.1 Å². The summed E-state index contributed by atoms with van der Waals surface area (Å²) in [6, 6.07) is 14.0. The van der Waals surface area contributed by atoms with Crippen LogP contribution in [0.25, 0.3) is 0 Å². The second-order valence-electron chi connectivity index (χ2n) is 7.55. The van der Waals surface area contributed by atoms with Gasteiger partial charge in [-0.1, -0.05) is 30.3 Å². The van der Waals surface area contributed by atoms with E-state index < -0.39 is 0 Å². The van der Waals surface area contributed by atoms with Crippen LogP contribution in [0.4, 0.5) is 0 Å². The lowest BCUT2D eigenvalue weighted by Gasteiger charge is -2.35. The van der Waals surface area contributed by atoms with Crippen molar-refractivity contribution in [2.75, 3.05) is 20.1 Å². The van der Waals surface area contributed by atoms with E-state index in [0.717, 1.165) is 24.8 Å². The molecule has 0 saturated carbocycles. The van der Waals surface area contributed by atoms with Gasteiger partial charge in [0.1, 0.15) is 0 Å². The van der Waals surface area contributed by atoms with Crippen molar-refractivity contribution in [2.24, 2.45) is 5.92 Å². The van der Waals surface area contributed by atoms with Crippen LogP contribution in [0.1, 0.15) is 43.4 Å². The Morgan fingerprint density at radius 2 is 1.75 bits per heavy atom. The summed E-state index contributed by atoms with van der Waals surface area (Å²) >= 11 is 0. The smallest absolute Gasteiger partial charge is 0.226 e. The number of piperidine rings is 1. The third kappa shape index (κ3) is 4.97. The number of hydrogen-bond acceptors (Lipinski definition) is 3. The van der Waals surface area contributed by atoms with Gasteiger partial charge in [0.15, 0.2) is 0 Å². The van der Waals surface area contributed by atoms with Gasteiger partial charge in [-0.05, 0) is 49.4 Å². The van der Waals surface area contributed by atoms with Crippen molar-refractivity contribution >= 4 is 11.8 Å². The highest BCUT2D eigenvalue weighted by atomic mass is 16.2. The molecule has 1 aliphatic heterocycles. The highest BCUT2D eigenvalue weighted by Gasteiger charge is 2.30. The summed E-state index contributed by atoms with van der Waals surface area (Å²) in [5, 5.41) is 0. The molecule has 3 rings (SSSR count). The number of benzene rings is 1. The van der Waals surface area contributed by atoms with Crippen molar-refractivity contribution in [2.45, 2.75) is 38.6 Å². The van der Waals surface area contributed by atoms with Gasteiger partial charge in [-0.2, -0.15) is 0 Å². The first kappa shape index (κ1) is 20.1. The van der Waals surface area contributed by atoms with E-state index in [1.54, 1.807) is 12.4 Å². The fraction of sp³-hybridized carbons (Fsp3) is 0.435. The molecular formula is C23H29N3O2. The Kier molecular flexibility index (Phi) is 6.80. The standard InChI is InChI=1S/C23H29N3O2/c1-18(20-10-14-24-15-11-20)25(2)23(28)21-12-16-26(17-13-21)22(27)9-8-19-6-4-3-5-7-19/h3-7,10-11,14-15,18,21H,8-9,12-13,16-17H2,1-2H3. The van der Waals surface area contributed by atoms with Gasteiger partial charge < -0.3 is 9.80 Å². The predicted molar refractivity (Wildman–Crippen MR) is 109 cm³/mol. The molecule has 0 spiro atoms. The SMILES string of the molecule is CC(c1ccncc1)N(C)C(=O)C1CCN(C(=O)CCc2ccccc2)CC1. The van der Waals surface area contributed by atoms with Crippen molar-refractivity contribution in [3.8, 4) is 0 Å². The molecule has 5 nitrogen and oxygen atoms in total. The zero-order chi connectivity index (χ0) is 19.9. The van der Waals surface area contributed by atoms with Gasteiger partial charge >= 0.3 is 0 Å². The van der Waals surface area contributed by atoms with E-state index in [-0.39, 0.29) is 23.8 Å². The first-order valence-electron chi connectivity index (χ1n) is 10.0. The molecule has 1 aliphatic rings. The molecule has 2 heterocycles. The van der Waals surface area contributed by atoms with Crippen LogP contribution in [0, 0.1) is 5.92 Å². The molecule has 1 atom stereocenters. The summed E-state index contributed by atoms with van der Waals surface area (Å²) in [6.07, 6.45) is 6.28. The maximum Gasteiger partial charge on any atom is 0.226 e. The van der Waals surface area contributed by atoms with Crippen molar-refractivity contribution in [1.82, 2.24) is 14.8 Å². The number of nitrogens with zero attached hydrogens (tertiary/aromatic N) is 3. The fourth-order valence-electron chi connectivity index (χ4n) is 3.77. The molecule has 1 unspecified atom stereocenters. The van der Waals surface area contributed by atoms with Gasteiger partial charge in [0.25, 0.3) is 0 Å². The molecule has 2 amide bonds. The Balaban J connectivity index is 1.47. The van der Waals surface area contributed by atoms with Crippen molar-refractivity contribution in [3.05, 3.63) is 66.0 Å². The Labute approximate surface area is 167 Å². The zero-order valence-electron chi connectivity index (χ0n) is 16.8. The highest BCUT2D eigenvalue weighted by Crippen LogP contribution is 2.25. The lowest BCUT2D eigenvalue weighted by Crippen LogP contribution is -2.44. The van der Waals surface area contributed by atoms with Gasteiger partial charge in [-0.3, -0.25) is 14.6 Å². The number of carbonyl (C=O) groups excluding carboxylic acids is 2. The minimum Gasteiger partial charge on any atom is -0.343 e. The molecule has 5 heteroatoms. The summed E-state index contributed by atoms with van der Waals surface area (Å²) < 4.78 is 0. The van der Waals surface area contributed by atoms with Crippen LogP contribution in [0.15, 0.2) is 54.9 Å².